The van der Waals surface area contributed by atoms with Crippen molar-refractivity contribution >= 4 is 17.4 Å². The van der Waals surface area contributed by atoms with Crippen molar-refractivity contribution in [1.82, 2.24) is 5.16 Å². The van der Waals surface area contributed by atoms with Crippen molar-refractivity contribution in [1.29, 1.82) is 0 Å². The molecule has 0 radical (unpaired) electrons. The Balaban J connectivity index is 2.54. The Morgan fingerprint density at radius 2 is 2.27 bits per heavy atom. The van der Waals surface area contributed by atoms with Crippen LogP contribution >= 0.6 is 11.6 Å². The number of ketones is 1. The largest absolute Gasteiger partial charge is 0.356 e. The molecule has 4 heteroatoms. The van der Waals surface area contributed by atoms with Gasteiger partial charge in [-0.05, 0) is 19.1 Å². The third kappa shape index (κ3) is 1.92. The molecule has 0 amide bonds. The van der Waals surface area contributed by atoms with Crippen molar-refractivity contribution < 1.29 is 9.32 Å². The van der Waals surface area contributed by atoms with Crippen LogP contribution in [0.4, 0.5) is 0 Å². The minimum absolute atomic E-state index is 0.0776. The molecular weight excluding hydrogens is 214 g/mol. The number of carbonyl (C=O) groups is 1. The molecule has 0 aliphatic heterocycles. The molecule has 76 valence electrons. The van der Waals surface area contributed by atoms with Crippen LogP contribution in [0.3, 0.4) is 0 Å². The number of Topliss-reactive ketones (excluding diaryl/α,β-unsaturated/α-hetero) is 1. The van der Waals surface area contributed by atoms with E-state index in [1.165, 1.54) is 13.1 Å². The van der Waals surface area contributed by atoms with Crippen LogP contribution < -0.4 is 0 Å². The number of carbonyl (C=O) groups excluding carboxylic acids is 1. The maximum atomic E-state index is 11.3. The van der Waals surface area contributed by atoms with E-state index in [2.05, 4.69) is 5.16 Å². The smallest absolute Gasteiger partial charge is 0.177 e. The molecule has 15 heavy (non-hydrogen) atoms. The summed E-state index contributed by atoms with van der Waals surface area (Å²) in [6.07, 6.45) is 1.42. The first-order valence-electron chi connectivity index (χ1n) is 4.40. The number of rotatable bonds is 2. The molecule has 0 spiro atoms. The molecule has 0 N–H and O–H groups in total. The fourth-order valence-electron chi connectivity index (χ4n) is 1.33. The van der Waals surface area contributed by atoms with Gasteiger partial charge in [0.25, 0.3) is 0 Å². The number of nitrogens with zero attached hydrogens (tertiary/aromatic N) is 1. The standard InChI is InChI=1S/C11H8ClNO2/c1-7(14)10-6-13-15-11(10)8-3-2-4-9(12)5-8/h2-6H,1H3. The van der Waals surface area contributed by atoms with Crippen molar-refractivity contribution in [2.75, 3.05) is 0 Å². The lowest BCUT2D eigenvalue weighted by Crippen LogP contribution is -1.91. The van der Waals surface area contributed by atoms with Crippen molar-refractivity contribution in [3.05, 3.63) is 41.0 Å². The highest BCUT2D eigenvalue weighted by atomic mass is 35.5. The third-order valence-corrected chi connectivity index (χ3v) is 2.27. The van der Waals surface area contributed by atoms with E-state index in [0.717, 1.165) is 5.56 Å². The van der Waals surface area contributed by atoms with Crippen LogP contribution in [0.15, 0.2) is 35.0 Å². The Hall–Kier alpha value is -1.61. The Morgan fingerprint density at radius 1 is 1.47 bits per heavy atom. The van der Waals surface area contributed by atoms with Gasteiger partial charge in [-0.1, -0.05) is 28.9 Å². The maximum absolute atomic E-state index is 11.3. The van der Waals surface area contributed by atoms with Gasteiger partial charge in [-0.25, -0.2) is 0 Å². The quantitative estimate of drug-likeness (QED) is 0.732. The highest BCUT2D eigenvalue weighted by Crippen LogP contribution is 2.26. The van der Waals surface area contributed by atoms with Crippen LogP contribution in [-0.4, -0.2) is 10.9 Å². The van der Waals surface area contributed by atoms with Crippen LogP contribution in [0.5, 0.6) is 0 Å². The van der Waals surface area contributed by atoms with Gasteiger partial charge in [-0.3, -0.25) is 4.79 Å². The second-order valence-corrected chi connectivity index (χ2v) is 3.57. The molecular formula is C11H8ClNO2. The summed E-state index contributed by atoms with van der Waals surface area (Å²) >= 11 is 5.85. The fourth-order valence-corrected chi connectivity index (χ4v) is 1.52. The molecule has 0 saturated carbocycles. The Morgan fingerprint density at radius 3 is 2.93 bits per heavy atom. The molecule has 1 aromatic heterocycles. The van der Waals surface area contributed by atoms with Gasteiger partial charge < -0.3 is 4.52 Å². The molecule has 0 fully saturated rings. The van der Waals surface area contributed by atoms with E-state index in [4.69, 9.17) is 16.1 Å². The first kappa shape index (κ1) is 9.93. The molecule has 0 unspecified atom stereocenters. The zero-order valence-corrected chi connectivity index (χ0v) is 8.78. The third-order valence-electron chi connectivity index (χ3n) is 2.04. The summed E-state index contributed by atoms with van der Waals surface area (Å²) < 4.78 is 5.04. The molecule has 2 aromatic rings. The van der Waals surface area contributed by atoms with Gasteiger partial charge in [0.15, 0.2) is 11.5 Å². The number of hydrogen-bond donors (Lipinski definition) is 0. The second-order valence-electron chi connectivity index (χ2n) is 3.14. The summed E-state index contributed by atoms with van der Waals surface area (Å²) in [6.45, 7) is 1.47. The number of halogens is 1. The zero-order chi connectivity index (χ0) is 10.8. The van der Waals surface area contributed by atoms with Gasteiger partial charge in [-0.2, -0.15) is 0 Å². The Bertz CT molecular complexity index is 505. The molecule has 2 rings (SSSR count). The number of aromatic nitrogens is 1. The molecule has 0 aliphatic carbocycles. The van der Waals surface area contributed by atoms with Crippen LogP contribution in [0.1, 0.15) is 17.3 Å². The van der Waals surface area contributed by atoms with E-state index in [0.29, 0.717) is 16.3 Å². The van der Waals surface area contributed by atoms with E-state index < -0.39 is 0 Å². The fraction of sp³-hybridized carbons (Fsp3) is 0.0909. The van der Waals surface area contributed by atoms with Crippen LogP contribution in [0.2, 0.25) is 5.02 Å². The highest BCUT2D eigenvalue weighted by Gasteiger charge is 2.14. The molecule has 0 aliphatic rings. The predicted molar refractivity (Wildman–Crippen MR) is 57.0 cm³/mol. The normalized spacial score (nSPS) is 10.3. The summed E-state index contributed by atoms with van der Waals surface area (Å²) in [5, 5.41) is 4.21. The van der Waals surface area contributed by atoms with Crippen LogP contribution in [0.25, 0.3) is 11.3 Å². The van der Waals surface area contributed by atoms with Crippen molar-refractivity contribution in [3.8, 4) is 11.3 Å². The first-order valence-corrected chi connectivity index (χ1v) is 4.78. The van der Waals surface area contributed by atoms with E-state index in [1.807, 2.05) is 6.07 Å². The molecule has 0 bridgehead atoms. The van der Waals surface area contributed by atoms with Crippen molar-refractivity contribution in [2.24, 2.45) is 0 Å². The van der Waals surface area contributed by atoms with Gasteiger partial charge in [0, 0.05) is 10.6 Å². The summed E-state index contributed by atoms with van der Waals surface area (Å²) in [5.41, 5.74) is 1.22. The van der Waals surface area contributed by atoms with Gasteiger partial charge in [0.1, 0.15) is 0 Å². The van der Waals surface area contributed by atoms with E-state index in [9.17, 15) is 4.79 Å². The first-order chi connectivity index (χ1) is 7.18. The van der Waals surface area contributed by atoms with Crippen LogP contribution in [0, 0.1) is 0 Å². The molecule has 3 nitrogen and oxygen atoms in total. The van der Waals surface area contributed by atoms with Crippen molar-refractivity contribution in [3.63, 3.8) is 0 Å². The van der Waals surface area contributed by atoms with Gasteiger partial charge in [0.05, 0.1) is 11.8 Å². The molecule has 1 aromatic carbocycles. The number of benzene rings is 1. The molecule has 0 saturated heterocycles. The topological polar surface area (TPSA) is 43.1 Å². The van der Waals surface area contributed by atoms with E-state index in [1.54, 1.807) is 18.2 Å². The van der Waals surface area contributed by atoms with Gasteiger partial charge in [0.2, 0.25) is 0 Å². The summed E-state index contributed by atoms with van der Waals surface area (Å²) in [7, 11) is 0. The minimum atomic E-state index is -0.0776. The molecule has 0 atom stereocenters. The van der Waals surface area contributed by atoms with E-state index >= 15 is 0 Å². The highest BCUT2D eigenvalue weighted by molar-refractivity contribution is 6.30. The lowest BCUT2D eigenvalue weighted by Gasteiger charge is -1.98. The van der Waals surface area contributed by atoms with Gasteiger partial charge in [-0.15, -0.1) is 0 Å². The Kier molecular flexibility index (Phi) is 2.56. The molecule has 1 heterocycles. The van der Waals surface area contributed by atoms with Gasteiger partial charge >= 0.3 is 0 Å². The minimum Gasteiger partial charge on any atom is -0.356 e. The summed E-state index contributed by atoms with van der Waals surface area (Å²) in [4.78, 5) is 11.3. The second kappa shape index (κ2) is 3.87. The summed E-state index contributed by atoms with van der Waals surface area (Å²) in [5.74, 6) is 0.385. The number of hydrogen-bond acceptors (Lipinski definition) is 3. The lowest BCUT2D eigenvalue weighted by molar-refractivity contribution is 0.101. The van der Waals surface area contributed by atoms with E-state index in [-0.39, 0.29) is 5.78 Å². The predicted octanol–water partition coefficient (Wildman–Crippen LogP) is 3.20. The van der Waals surface area contributed by atoms with Crippen molar-refractivity contribution in [2.45, 2.75) is 6.92 Å². The SMILES string of the molecule is CC(=O)c1cnoc1-c1cccc(Cl)c1. The monoisotopic (exact) mass is 221 g/mol. The summed E-state index contributed by atoms with van der Waals surface area (Å²) in [6, 6.07) is 7.10. The average Bonchev–Trinajstić information content (AvgIpc) is 2.65. The zero-order valence-electron chi connectivity index (χ0n) is 8.03. The Labute approximate surface area is 91.6 Å². The lowest BCUT2D eigenvalue weighted by atomic mass is 10.1. The van der Waals surface area contributed by atoms with Crippen LogP contribution in [-0.2, 0) is 0 Å². The average molecular weight is 222 g/mol. The maximum Gasteiger partial charge on any atom is 0.177 e.